The summed E-state index contributed by atoms with van der Waals surface area (Å²) < 4.78 is 5.55. The molecule has 1 heterocycles. The molecule has 0 aromatic rings. The molecule has 0 bridgehead atoms. The van der Waals surface area contributed by atoms with E-state index >= 15 is 0 Å². The molecule has 0 saturated heterocycles. The Labute approximate surface area is 49.3 Å². The van der Waals surface area contributed by atoms with E-state index in [1.165, 1.54) is 12.8 Å². The zero-order valence-corrected chi connectivity index (χ0v) is 5.05. The predicted molar refractivity (Wildman–Crippen MR) is 31.7 cm³/mol. The quantitative estimate of drug-likeness (QED) is 0.429. The summed E-state index contributed by atoms with van der Waals surface area (Å²) in [6.45, 7) is 2.09. The second kappa shape index (κ2) is 1.16. The van der Waals surface area contributed by atoms with Gasteiger partial charge in [-0.2, -0.15) is 0 Å². The van der Waals surface area contributed by atoms with Crippen LogP contribution in [0.1, 0.15) is 19.8 Å². The smallest absolute Gasteiger partial charge is 0.0873 e. The van der Waals surface area contributed by atoms with Crippen LogP contribution in [0.3, 0.4) is 0 Å². The molecular weight excluding hydrogens is 100 g/mol. The maximum atomic E-state index is 5.55. The van der Waals surface area contributed by atoms with Gasteiger partial charge < -0.3 is 4.74 Å². The summed E-state index contributed by atoms with van der Waals surface area (Å²) in [5.41, 5.74) is 0.236. The third-order valence-electron chi connectivity index (χ3n) is 1.83. The van der Waals surface area contributed by atoms with Gasteiger partial charge in [0.25, 0.3) is 0 Å². The van der Waals surface area contributed by atoms with Gasteiger partial charge in [0.1, 0.15) is 0 Å². The van der Waals surface area contributed by atoms with Gasteiger partial charge in [0.2, 0.25) is 0 Å². The lowest BCUT2D eigenvalue weighted by atomic mass is 10.3. The van der Waals surface area contributed by atoms with Crippen molar-refractivity contribution in [1.82, 2.24) is 0 Å². The molecule has 8 heavy (non-hydrogen) atoms. The Morgan fingerprint density at radius 1 is 1.62 bits per heavy atom. The van der Waals surface area contributed by atoms with Crippen LogP contribution in [0.4, 0.5) is 0 Å². The fourth-order valence-electron chi connectivity index (χ4n) is 1.17. The fraction of sp³-hybridized carbons (Fsp3) is 0.714. The average molecular weight is 110 g/mol. The monoisotopic (exact) mass is 110 g/mol. The van der Waals surface area contributed by atoms with Crippen LogP contribution in [0, 0.1) is 0 Å². The van der Waals surface area contributed by atoms with Crippen LogP contribution in [-0.4, -0.2) is 11.7 Å². The van der Waals surface area contributed by atoms with E-state index in [-0.39, 0.29) is 5.60 Å². The van der Waals surface area contributed by atoms with Gasteiger partial charge in [-0.25, -0.2) is 0 Å². The molecule has 2 aliphatic rings. The first-order valence-electron chi connectivity index (χ1n) is 3.18. The molecule has 1 unspecified atom stereocenters. The van der Waals surface area contributed by atoms with E-state index in [4.69, 9.17) is 4.74 Å². The van der Waals surface area contributed by atoms with E-state index in [0.717, 1.165) is 0 Å². The van der Waals surface area contributed by atoms with E-state index in [1.54, 1.807) is 0 Å². The predicted octanol–water partition coefficient (Wildman–Crippen LogP) is 1.49. The van der Waals surface area contributed by atoms with Crippen LogP contribution in [0.15, 0.2) is 12.2 Å². The summed E-state index contributed by atoms with van der Waals surface area (Å²) in [5.74, 6) is 0. The molecule has 0 radical (unpaired) electrons. The minimum absolute atomic E-state index is 0.236. The van der Waals surface area contributed by atoms with Crippen LogP contribution >= 0.6 is 0 Å². The molecule has 0 aromatic carbocycles. The molecule has 1 aliphatic carbocycles. The van der Waals surface area contributed by atoms with Crippen molar-refractivity contribution >= 4 is 0 Å². The summed E-state index contributed by atoms with van der Waals surface area (Å²) in [4.78, 5) is 0. The molecule has 1 nitrogen and oxygen atoms in total. The van der Waals surface area contributed by atoms with Gasteiger partial charge in [0.15, 0.2) is 0 Å². The van der Waals surface area contributed by atoms with E-state index in [2.05, 4.69) is 19.1 Å². The van der Waals surface area contributed by atoms with Crippen molar-refractivity contribution < 1.29 is 4.74 Å². The summed E-state index contributed by atoms with van der Waals surface area (Å²) in [6, 6.07) is 0. The van der Waals surface area contributed by atoms with E-state index in [0.29, 0.717) is 6.10 Å². The Morgan fingerprint density at radius 2 is 2.38 bits per heavy atom. The van der Waals surface area contributed by atoms with Crippen LogP contribution in [0.2, 0.25) is 0 Å². The number of ether oxygens (including phenoxy) is 1. The molecule has 0 N–H and O–H groups in total. The fourth-order valence-corrected chi connectivity index (χ4v) is 1.17. The van der Waals surface area contributed by atoms with Gasteiger partial charge in [-0.1, -0.05) is 12.2 Å². The van der Waals surface area contributed by atoms with Crippen LogP contribution in [0.5, 0.6) is 0 Å². The topological polar surface area (TPSA) is 9.23 Å². The Balaban J connectivity index is 2.15. The Kier molecular flexibility index (Phi) is 0.662. The molecule has 0 aromatic heterocycles. The summed E-state index contributed by atoms with van der Waals surface area (Å²) >= 11 is 0. The minimum Gasteiger partial charge on any atom is -0.364 e. The van der Waals surface area contributed by atoms with Crippen molar-refractivity contribution in [3.05, 3.63) is 12.2 Å². The molecule has 1 spiro atoms. The van der Waals surface area contributed by atoms with Crippen molar-refractivity contribution in [2.45, 2.75) is 31.5 Å². The Morgan fingerprint density at radius 3 is 2.62 bits per heavy atom. The Bertz CT molecular complexity index is 133. The van der Waals surface area contributed by atoms with E-state index in [1.807, 2.05) is 0 Å². The maximum Gasteiger partial charge on any atom is 0.0873 e. The van der Waals surface area contributed by atoms with Crippen LogP contribution < -0.4 is 0 Å². The molecule has 1 saturated carbocycles. The molecule has 1 heteroatoms. The van der Waals surface area contributed by atoms with Crippen LogP contribution in [-0.2, 0) is 4.74 Å². The molecular formula is C7H10O. The minimum atomic E-state index is 0.236. The second-order valence-electron chi connectivity index (χ2n) is 2.75. The summed E-state index contributed by atoms with van der Waals surface area (Å²) in [6.07, 6.45) is 7.21. The summed E-state index contributed by atoms with van der Waals surface area (Å²) in [5, 5.41) is 0. The number of rotatable bonds is 0. The van der Waals surface area contributed by atoms with Gasteiger partial charge in [-0.15, -0.1) is 0 Å². The van der Waals surface area contributed by atoms with Crippen molar-refractivity contribution in [3.8, 4) is 0 Å². The molecule has 1 atom stereocenters. The lowest BCUT2D eigenvalue weighted by Gasteiger charge is -2.05. The van der Waals surface area contributed by atoms with Gasteiger partial charge in [-0.05, 0) is 19.8 Å². The van der Waals surface area contributed by atoms with Crippen LogP contribution in [0.25, 0.3) is 0 Å². The first-order chi connectivity index (χ1) is 3.81. The van der Waals surface area contributed by atoms with Gasteiger partial charge >= 0.3 is 0 Å². The van der Waals surface area contributed by atoms with E-state index < -0.39 is 0 Å². The van der Waals surface area contributed by atoms with Gasteiger partial charge in [-0.3, -0.25) is 0 Å². The molecule has 1 aliphatic heterocycles. The van der Waals surface area contributed by atoms with Gasteiger partial charge in [0.05, 0.1) is 11.7 Å². The number of hydrogen-bond acceptors (Lipinski definition) is 1. The standard InChI is InChI=1S/C7H10O/c1-6-2-3-7(8-6)4-5-7/h2-3,6H,4-5H2,1H3. The first-order valence-corrected chi connectivity index (χ1v) is 3.18. The highest BCUT2D eigenvalue weighted by Gasteiger charge is 2.45. The highest BCUT2D eigenvalue weighted by Crippen LogP contribution is 2.45. The first kappa shape index (κ1) is 4.57. The zero-order chi connectivity index (χ0) is 5.61. The largest absolute Gasteiger partial charge is 0.364 e. The molecule has 0 amide bonds. The highest BCUT2D eigenvalue weighted by molar-refractivity contribution is 5.18. The lowest BCUT2D eigenvalue weighted by molar-refractivity contribution is 0.0547. The van der Waals surface area contributed by atoms with Gasteiger partial charge in [0, 0.05) is 0 Å². The summed E-state index contributed by atoms with van der Waals surface area (Å²) in [7, 11) is 0. The Hall–Kier alpha value is -0.300. The normalized spacial score (nSPS) is 38.9. The maximum absolute atomic E-state index is 5.55. The van der Waals surface area contributed by atoms with Crippen molar-refractivity contribution in [2.75, 3.05) is 0 Å². The van der Waals surface area contributed by atoms with Crippen molar-refractivity contribution in [3.63, 3.8) is 0 Å². The highest BCUT2D eigenvalue weighted by atomic mass is 16.5. The molecule has 1 fully saturated rings. The SMILES string of the molecule is CC1C=CC2(CC2)O1. The third kappa shape index (κ3) is 0.511. The lowest BCUT2D eigenvalue weighted by Crippen LogP contribution is -2.08. The zero-order valence-electron chi connectivity index (χ0n) is 5.05. The molecule has 44 valence electrons. The van der Waals surface area contributed by atoms with Crippen molar-refractivity contribution in [1.29, 1.82) is 0 Å². The average Bonchev–Trinajstić information content (AvgIpc) is 2.34. The third-order valence-corrected chi connectivity index (χ3v) is 1.83. The molecule has 2 rings (SSSR count). The second-order valence-corrected chi connectivity index (χ2v) is 2.75. The van der Waals surface area contributed by atoms with E-state index in [9.17, 15) is 0 Å². The van der Waals surface area contributed by atoms with Crippen molar-refractivity contribution in [2.24, 2.45) is 0 Å². The number of hydrogen-bond donors (Lipinski definition) is 0.